The Bertz CT molecular complexity index is 617. The molecule has 23 heavy (non-hydrogen) atoms. The summed E-state index contributed by atoms with van der Waals surface area (Å²) in [5.74, 6) is -0.799. The summed E-state index contributed by atoms with van der Waals surface area (Å²) in [6.07, 6.45) is 1.81. The fourth-order valence-electron chi connectivity index (χ4n) is 3.73. The van der Waals surface area contributed by atoms with Gasteiger partial charge in [-0.1, -0.05) is 6.58 Å². The van der Waals surface area contributed by atoms with E-state index in [0.29, 0.717) is 6.42 Å². The van der Waals surface area contributed by atoms with Crippen LogP contribution in [-0.4, -0.2) is 57.5 Å². The van der Waals surface area contributed by atoms with Crippen LogP contribution in [0.2, 0.25) is 0 Å². The number of carbonyl (C=O) groups is 2. The lowest BCUT2D eigenvalue weighted by Gasteiger charge is -2.25. The SMILES string of the molecule is C=CC(=O)NCC(=O)OCCOC1C2CC3C1OS(=O)(=O)C3C2. The molecule has 3 rings (SSSR count). The molecule has 9 heteroatoms. The molecule has 1 saturated heterocycles. The number of rotatable bonds is 7. The zero-order valence-electron chi connectivity index (χ0n) is 12.5. The molecule has 5 atom stereocenters. The molecular formula is C14H19NO7S. The van der Waals surface area contributed by atoms with Gasteiger partial charge in [-0.3, -0.25) is 13.8 Å². The highest BCUT2D eigenvalue weighted by atomic mass is 32.2. The van der Waals surface area contributed by atoms with Gasteiger partial charge >= 0.3 is 5.97 Å². The normalized spacial score (nSPS) is 35.9. The third-order valence-corrected chi connectivity index (χ3v) is 6.44. The van der Waals surface area contributed by atoms with Crippen molar-refractivity contribution in [3.63, 3.8) is 0 Å². The van der Waals surface area contributed by atoms with Crippen molar-refractivity contribution in [2.75, 3.05) is 19.8 Å². The third kappa shape index (κ3) is 3.13. The van der Waals surface area contributed by atoms with Crippen LogP contribution >= 0.6 is 0 Å². The summed E-state index contributed by atoms with van der Waals surface area (Å²) in [4.78, 5) is 22.3. The molecule has 0 aromatic carbocycles. The minimum atomic E-state index is -3.44. The monoisotopic (exact) mass is 345 g/mol. The van der Waals surface area contributed by atoms with Gasteiger partial charge in [0.05, 0.1) is 18.0 Å². The van der Waals surface area contributed by atoms with E-state index >= 15 is 0 Å². The molecule has 3 aliphatic rings. The maximum absolute atomic E-state index is 11.8. The molecule has 3 fully saturated rings. The topological polar surface area (TPSA) is 108 Å². The molecule has 8 nitrogen and oxygen atoms in total. The van der Waals surface area contributed by atoms with E-state index in [2.05, 4.69) is 11.9 Å². The number of hydrogen-bond donors (Lipinski definition) is 1. The zero-order chi connectivity index (χ0) is 16.6. The van der Waals surface area contributed by atoms with Gasteiger partial charge < -0.3 is 14.8 Å². The van der Waals surface area contributed by atoms with Crippen LogP contribution in [0.3, 0.4) is 0 Å². The second-order valence-corrected chi connectivity index (χ2v) is 7.75. The third-order valence-electron chi connectivity index (χ3n) is 4.66. The van der Waals surface area contributed by atoms with Gasteiger partial charge in [0.2, 0.25) is 5.91 Å². The molecule has 1 aliphatic heterocycles. The Labute approximate surface area is 134 Å². The van der Waals surface area contributed by atoms with Gasteiger partial charge in [0.1, 0.15) is 19.3 Å². The number of hydrogen-bond acceptors (Lipinski definition) is 7. The van der Waals surface area contributed by atoms with Gasteiger partial charge in [0, 0.05) is 5.92 Å². The molecule has 128 valence electrons. The minimum absolute atomic E-state index is 0.0340. The highest BCUT2D eigenvalue weighted by Gasteiger charge is 2.64. The maximum atomic E-state index is 11.8. The highest BCUT2D eigenvalue weighted by molar-refractivity contribution is 7.87. The number of ether oxygens (including phenoxy) is 2. The van der Waals surface area contributed by atoms with Crippen LogP contribution in [-0.2, 0) is 33.4 Å². The fourth-order valence-corrected chi connectivity index (χ4v) is 5.62. The van der Waals surface area contributed by atoms with Crippen molar-refractivity contribution in [1.29, 1.82) is 0 Å². The summed E-state index contributed by atoms with van der Waals surface area (Å²) < 4.78 is 39.4. The average molecular weight is 345 g/mol. The van der Waals surface area contributed by atoms with Crippen LogP contribution < -0.4 is 5.32 Å². The van der Waals surface area contributed by atoms with Gasteiger partial charge in [-0.25, -0.2) is 0 Å². The predicted octanol–water partition coefficient (Wildman–Crippen LogP) is -0.646. The van der Waals surface area contributed by atoms with Crippen LogP contribution in [0.5, 0.6) is 0 Å². The molecular weight excluding hydrogens is 326 g/mol. The van der Waals surface area contributed by atoms with Crippen LogP contribution in [0.1, 0.15) is 12.8 Å². The molecule has 2 bridgehead atoms. The van der Waals surface area contributed by atoms with Crippen LogP contribution in [0, 0.1) is 11.8 Å². The maximum Gasteiger partial charge on any atom is 0.325 e. The van der Waals surface area contributed by atoms with E-state index in [9.17, 15) is 18.0 Å². The first-order valence-electron chi connectivity index (χ1n) is 7.52. The second-order valence-electron chi connectivity index (χ2n) is 5.97. The summed E-state index contributed by atoms with van der Waals surface area (Å²) >= 11 is 0. The Kier molecular flexibility index (Phi) is 4.43. The second kappa shape index (κ2) is 6.21. The van der Waals surface area contributed by atoms with Crippen LogP contribution in [0.25, 0.3) is 0 Å². The fraction of sp³-hybridized carbons (Fsp3) is 0.714. The van der Waals surface area contributed by atoms with E-state index in [0.717, 1.165) is 12.5 Å². The molecule has 5 unspecified atom stereocenters. The number of fused-ring (bicyclic) bond motifs is 1. The van der Waals surface area contributed by atoms with E-state index < -0.39 is 28.1 Å². The molecule has 1 heterocycles. The van der Waals surface area contributed by atoms with Crippen molar-refractivity contribution in [2.24, 2.45) is 11.8 Å². The first kappa shape index (κ1) is 16.4. The molecule has 0 spiro atoms. The summed E-state index contributed by atoms with van der Waals surface area (Å²) in [6.45, 7) is 3.24. The Morgan fingerprint density at radius 2 is 2.09 bits per heavy atom. The largest absolute Gasteiger partial charge is 0.462 e. The Balaban J connectivity index is 1.39. The number of nitrogens with one attached hydrogen (secondary N) is 1. The molecule has 0 radical (unpaired) electrons. The Hall–Kier alpha value is -1.45. The summed E-state index contributed by atoms with van der Waals surface area (Å²) in [6, 6.07) is 0. The number of carbonyl (C=O) groups excluding carboxylic acids is 2. The van der Waals surface area contributed by atoms with E-state index in [4.69, 9.17) is 13.7 Å². The van der Waals surface area contributed by atoms with Crippen molar-refractivity contribution in [3.8, 4) is 0 Å². The molecule has 1 amide bonds. The van der Waals surface area contributed by atoms with Gasteiger partial charge in [0.15, 0.2) is 0 Å². The van der Waals surface area contributed by atoms with Gasteiger partial charge in [0.25, 0.3) is 10.1 Å². The lowest BCUT2D eigenvalue weighted by atomic mass is 9.94. The Morgan fingerprint density at radius 3 is 2.83 bits per heavy atom. The van der Waals surface area contributed by atoms with Gasteiger partial charge in [-0.15, -0.1) is 0 Å². The molecule has 1 N–H and O–H groups in total. The first-order chi connectivity index (χ1) is 10.9. The molecule has 0 aromatic rings. The standard InChI is InChI=1S/C14H19NO7S/c1-2-11(16)15-7-12(17)20-3-4-21-13-8-5-9-10(6-8)23(18,19)22-14(9)13/h2,8-10,13-14H,1,3-7H2,(H,15,16). The van der Waals surface area contributed by atoms with Gasteiger partial charge in [-0.05, 0) is 24.8 Å². The quantitative estimate of drug-likeness (QED) is 0.283. The number of esters is 1. The number of amides is 1. The highest BCUT2D eigenvalue weighted by Crippen LogP contribution is 2.55. The van der Waals surface area contributed by atoms with Crippen molar-refractivity contribution < 1.29 is 31.7 Å². The van der Waals surface area contributed by atoms with E-state index in [1.807, 2.05) is 0 Å². The van der Waals surface area contributed by atoms with E-state index in [1.165, 1.54) is 0 Å². The van der Waals surface area contributed by atoms with Crippen LogP contribution in [0.15, 0.2) is 12.7 Å². The average Bonchev–Trinajstić information content (AvgIpc) is 3.12. The van der Waals surface area contributed by atoms with Crippen LogP contribution in [0.4, 0.5) is 0 Å². The van der Waals surface area contributed by atoms with Crippen molar-refractivity contribution >= 4 is 22.0 Å². The minimum Gasteiger partial charge on any atom is -0.462 e. The first-order valence-corrected chi connectivity index (χ1v) is 8.99. The molecule has 2 saturated carbocycles. The van der Waals surface area contributed by atoms with Crippen molar-refractivity contribution in [3.05, 3.63) is 12.7 Å². The molecule has 0 aromatic heterocycles. The predicted molar refractivity (Wildman–Crippen MR) is 77.7 cm³/mol. The molecule has 2 aliphatic carbocycles. The summed E-state index contributed by atoms with van der Waals surface area (Å²) in [5.41, 5.74) is 0. The van der Waals surface area contributed by atoms with Crippen molar-refractivity contribution in [1.82, 2.24) is 5.32 Å². The lowest BCUT2D eigenvalue weighted by Crippen LogP contribution is -2.36. The zero-order valence-corrected chi connectivity index (χ0v) is 13.3. The Morgan fingerprint density at radius 1 is 1.30 bits per heavy atom. The van der Waals surface area contributed by atoms with Gasteiger partial charge in [-0.2, -0.15) is 8.42 Å². The summed E-state index contributed by atoms with van der Waals surface area (Å²) in [5, 5.41) is 1.94. The summed E-state index contributed by atoms with van der Waals surface area (Å²) in [7, 11) is -3.44. The van der Waals surface area contributed by atoms with E-state index in [-0.39, 0.29) is 42.9 Å². The van der Waals surface area contributed by atoms with Crippen molar-refractivity contribution in [2.45, 2.75) is 30.3 Å². The van der Waals surface area contributed by atoms with E-state index in [1.54, 1.807) is 0 Å². The smallest absolute Gasteiger partial charge is 0.325 e. The lowest BCUT2D eigenvalue weighted by molar-refractivity contribution is -0.146.